The van der Waals surface area contributed by atoms with Crippen LogP contribution in [0.3, 0.4) is 0 Å². The van der Waals surface area contributed by atoms with Crippen molar-refractivity contribution in [1.82, 2.24) is 4.90 Å². The second-order valence-electron chi connectivity index (χ2n) is 3.95. The van der Waals surface area contributed by atoms with Crippen LogP contribution in [0.4, 0.5) is 0 Å². The van der Waals surface area contributed by atoms with Gasteiger partial charge in [-0.15, -0.1) is 0 Å². The van der Waals surface area contributed by atoms with Crippen LogP contribution in [-0.4, -0.2) is 22.1 Å². The van der Waals surface area contributed by atoms with Crippen molar-refractivity contribution >= 4 is 18.5 Å². The highest BCUT2D eigenvalue weighted by atomic mass is 32.1. The van der Waals surface area contributed by atoms with Crippen molar-refractivity contribution in [3.8, 4) is 0 Å². The van der Waals surface area contributed by atoms with Gasteiger partial charge in [0.05, 0.1) is 18.1 Å². The molecule has 0 spiro atoms. The summed E-state index contributed by atoms with van der Waals surface area (Å²) in [5.74, 6) is 0.932. The van der Waals surface area contributed by atoms with Gasteiger partial charge in [-0.2, -0.15) is 12.6 Å². The molecule has 1 unspecified atom stereocenters. The standard InChI is InChI=1S/C11H15NO2S/c1-8(15)11(13)12(9-4-5-9)7-10-3-2-6-14-10/h2-3,6,8-9,15H,4-5,7H2,1H3. The molecule has 0 aromatic carbocycles. The summed E-state index contributed by atoms with van der Waals surface area (Å²) in [6.45, 7) is 2.38. The van der Waals surface area contributed by atoms with Gasteiger partial charge in [0.1, 0.15) is 5.76 Å². The molecule has 0 aliphatic heterocycles. The molecule has 2 rings (SSSR count). The maximum absolute atomic E-state index is 11.9. The largest absolute Gasteiger partial charge is 0.467 e. The molecule has 3 nitrogen and oxygen atoms in total. The Morgan fingerprint density at radius 2 is 2.47 bits per heavy atom. The van der Waals surface area contributed by atoms with Crippen LogP contribution in [0.5, 0.6) is 0 Å². The molecule has 1 aliphatic rings. The summed E-state index contributed by atoms with van der Waals surface area (Å²) in [5.41, 5.74) is 0. The molecule has 1 saturated carbocycles. The summed E-state index contributed by atoms with van der Waals surface area (Å²) in [7, 11) is 0. The van der Waals surface area contributed by atoms with Crippen molar-refractivity contribution in [2.24, 2.45) is 0 Å². The summed E-state index contributed by atoms with van der Waals surface area (Å²) < 4.78 is 5.25. The lowest BCUT2D eigenvalue weighted by Crippen LogP contribution is -2.36. The number of nitrogens with zero attached hydrogens (tertiary/aromatic N) is 1. The highest BCUT2D eigenvalue weighted by molar-refractivity contribution is 7.81. The fraction of sp³-hybridized carbons (Fsp3) is 0.545. The maximum atomic E-state index is 11.9. The monoisotopic (exact) mass is 225 g/mol. The topological polar surface area (TPSA) is 33.5 Å². The molecule has 0 N–H and O–H groups in total. The van der Waals surface area contributed by atoms with Crippen molar-refractivity contribution in [2.75, 3.05) is 0 Å². The SMILES string of the molecule is CC(S)C(=O)N(Cc1ccco1)C1CC1. The van der Waals surface area contributed by atoms with E-state index in [9.17, 15) is 4.79 Å². The molecule has 4 heteroatoms. The quantitative estimate of drug-likeness (QED) is 0.796. The van der Waals surface area contributed by atoms with Crippen molar-refractivity contribution < 1.29 is 9.21 Å². The van der Waals surface area contributed by atoms with E-state index in [0.29, 0.717) is 12.6 Å². The average molecular weight is 225 g/mol. The molecule has 1 fully saturated rings. The lowest BCUT2D eigenvalue weighted by Gasteiger charge is -2.22. The minimum atomic E-state index is -0.236. The third-order valence-corrected chi connectivity index (χ3v) is 2.76. The minimum absolute atomic E-state index is 0.0947. The normalized spacial score (nSPS) is 17.5. The molecule has 15 heavy (non-hydrogen) atoms. The van der Waals surface area contributed by atoms with Gasteiger partial charge in [-0.25, -0.2) is 0 Å². The van der Waals surface area contributed by atoms with Crippen LogP contribution in [0.25, 0.3) is 0 Å². The van der Waals surface area contributed by atoms with Crippen LogP contribution in [-0.2, 0) is 11.3 Å². The van der Waals surface area contributed by atoms with Gasteiger partial charge >= 0.3 is 0 Å². The average Bonchev–Trinajstić information content (AvgIpc) is 2.92. The highest BCUT2D eigenvalue weighted by Gasteiger charge is 2.34. The lowest BCUT2D eigenvalue weighted by molar-refractivity contribution is -0.131. The summed E-state index contributed by atoms with van der Waals surface area (Å²) in [4.78, 5) is 13.7. The van der Waals surface area contributed by atoms with E-state index in [1.165, 1.54) is 0 Å². The first-order chi connectivity index (χ1) is 7.18. The summed E-state index contributed by atoms with van der Waals surface area (Å²) in [6.07, 6.45) is 3.84. The molecule has 82 valence electrons. The molecular formula is C11H15NO2S. The molecule has 1 amide bonds. The van der Waals surface area contributed by atoms with Crippen LogP contribution in [0.1, 0.15) is 25.5 Å². The Balaban J connectivity index is 2.03. The second-order valence-corrected chi connectivity index (χ2v) is 4.73. The molecule has 0 radical (unpaired) electrons. The van der Waals surface area contributed by atoms with E-state index in [2.05, 4.69) is 12.6 Å². The molecular weight excluding hydrogens is 210 g/mol. The van der Waals surface area contributed by atoms with E-state index in [1.54, 1.807) is 6.26 Å². The van der Waals surface area contributed by atoms with Gasteiger partial charge in [0.15, 0.2) is 0 Å². The molecule has 1 atom stereocenters. The first-order valence-corrected chi connectivity index (χ1v) is 5.71. The smallest absolute Gasteiger partial charge is 0.235 e. The summed E-state index contributed by atoms with van der Waals surface area (Å²) >= 11 is 4.18. The van der Waals surface area contributed by atoms with E-state index in [0.717, 1.165) is 18.6 Å². The van der Waals surface area contributed by atoms with Gasteiger partial charge in [-0.1, -0.05) is 0 Å². The second kappa shape index (κ2) is 4.31. The van der Waals surface area contributed by atoms with Gasteiger partial charge < -0.3 is 9.32 Å². The zero-order valence-electron chi connectivity index (χ0n) is 8.72. The number of furan rings is 1. The molecule has 0 saturated heterocycles. The number of carbonyl (C=O) groups is 1. The maximum Gasteiger partial charge on any atom is 0.235 e. The Morgan fingerprint density at radius 1 is 1.73 bits per heavy atom. The number of rotatable bonds is 4. The highest BCUT2D eigenvalue weighted by Crippen LogP contribution is 2.29. The molecule has 1 heterocycles. The number of hydrogen-bond acceptors (Lipinski definition) is 3. The van der Waals surface area contributed by atoms with Crippen molar-refractivity contribution in [3.05, 3.63) is 24.2 Å². The molecule has 1 aromatic rings. The Labute approximate surface area is 94.9 Å². The van der Waals surface area contributed by atoms with Crippen LogP contribution in [0.15, 0.2) is 22.8 Å². The minimum Gasteiger partial charge on any atom is -0.467 e. The predicted octanol–water partition coefficient (Wildman–Crippen LogP) is 2.09. The van der Waals surface area contributed by atoms with Crippen LogP contribution in [0.2, 0.25) is 0 Å². The van der Waals surface area contributed by atoms with Crippen LogP contribution in [0, 0.1) is 0 Å². The number of thiol groups is 1. The Kier molecular flexibility index (Phi) is 3.05. The predicted molar refractivity (Wildman–Crippen MR) is 60.7 cm³/mol. The zero-order chi connectivity index (χ0) is 10.8. The van der Waals surface area contributed by atoms with Gasteiger partial charge in [-0.3, -0.25) is 4.79 Å². The number of hydrogen-bond donors (Lipinski definition) is 1. The first-order valence-electron chi connectivity index (χ1n) is 5.19. The summed E-state index contributed by atoms with van der Waals surface area (Å²) in [5, 5.41) is -0.236. The van der Waals surface area contributed by atoms with Gasteiger partial charge in [0.2, 0.25) is 5.91 Å². The van der Waals surface area contributed by atoms with Crippen molar-refractivity contribution in [1.29, 1.82) is 0 Å². The third-order valence-electron chi connectivity index (χ3n) is 2.53. The van der Waals surface area contributed by atoms with Gasteiger partial charge in [0.25, 0.3) is 0 Å². The summed E-state index contributed by atoms with van der Waals surface area (Å²) in [6, 6.07) is 4.14. The van der Waals surface area contributed by atoms with E-state index < -0.39 is 0 Å². The van der Waals surface area contributed by atoms with Gasteiger partial charge in [0, 0.05) is 6.04 Å². The Morgan fingerprint density at radius 3 is 2.93 bits per heavy atom. The first kappa shape index (κ1) is 10.6. The molecule has 1 aromatic heterocycles. The Hall–Kier alpha value is -0.900. The Bertz CT molecular complexity index is 330. The van der Waals surface area contributed by atoms with E-state index in [-0.39, 0.29) is 11.2 Å². The molecule has 0 bridgehead atoms. The van der Waals surface area contributed by atoms with Crippen LogP contribution >= 0.6 is 12.6 Å². The van der Waals surface area contributed by atoms with E-state index >= 15 is 0 Å². The van der Waals surface area contributed by atoms with Crippen molar-refractivity contribution in [2.45, 2.75) is 37.6 Å². The van der Waals surface area contributed by atoms with E-state index in [1.807, 2.05) is 24.0 Å². The van der Waals surface area contributed by atoms with Crippen molar-refractivity contribution in [3.63, 3.8) is 0 Å². The number of amides is 1. The lowest BCUT2D eigenvalue weighted by atomic mass is 10.3. The van der Waals surface area contributed by atoms with E-state index in [4.69, 9.17) is 4.42 Å². The number of carbonyl (C=O) groups excluding carboxylic acids is 1. The fourth-order valence-electron chi connectivity index (χ4n) is 1.58. The van der Waals surface area contributed by atoms with Gasteiger partial charge in [-0.05, 0) is 31.9 Å². The zero-order valence-corrected chi connectivity index (χ0v) is 9.61. The third kappa shape index (κ3) is 2.56. The fourth-order valence-corrected chi connectivity index (χ4v) is 1.73. The van der Waals surface area contributed by atoms with Crippen LogP contribution < -0.4 is 0 Å². The molecule has 1 aliphatic carbocycles.